The Balaban J connectivity index is 2.39. The Bertz CT molecular complexity index is 460. The average molecular weight is 280 g/mol. The van der Waals surface area contributed by atoms with E-state index in [-0.39, 0.29) is 19.1 Å². The van der Waals surface area contributed by atoms with Crippen LogP contribution >= 0.6 is 0 Å². The Labute approximate surface area is 118 Å². The van der Waals surface area contributed by atoms with Crippen LogP contribution in [-0.2, 0) is 9.53 Å². The lowest BCUT2D eigenvalue weighted by molar-refractivity contribution is -0.116. The second-order valence-corrected chi connectivity index (χ2v) is 3.96. The molecule has 110 valence electrons. The van der Waals surface area contributed by atoms with Crippen molar-refractivity contribution in [3.8, 4) is 5.75 Å². The van der Waals surface area contributed by atoms with Gasteiger partial charge in [-0.05, 0) is 23.8 Å². The third-order valence-electron chi connectivity index (χ3n) is 2.46. The first kappa shape index (κ1) is 16.0. The summed E-state index contributed by atoms with van der Waals surface area (Å²) in [5, 5.41) is 11.2. The monoisotopic (exact) mass is 280 g/mol. The summed E-state index contributed by atoms with van der Waals surface area (Å²) < 4.78 is 10.1. The van der Waals surface area contributed by atoms with E-state index >= 15 is 0 Å². The van der Waals surface area contributed by atoms with Gasteiger partial charge in [0.05, 0.1) is 32.6 Å². The van der Waals surface area contributed by atoms with Crippen molar-refractivity contribution in [1.29, 1.82) is 0 Å². The van der Waals surface area contributed by atoms with Crippen LogP contribution in [0.25, 0.3) is 6.08 Å². The maximum absolute atomic E-state index is 11.5. The van der Waals surface area contributed by atoms with E-state index in [2.05, 4.69) is 5.32 Å². The van der Waals surface area contributed by atoms with Crippen LogP contribution in [0.3, 0.4) is 0 Å². The predicted octanol–water partition coefficient (Wildman–Crippen LogP) is 0.416. The molecule has 0 unspecified atom stereocenters. The highest BCUT2D eigenvalue weighted by Gasteiger charge is 1.99. The van der Waals surface area contributed by atoms with E-state index in [0.29, 0.717) is 24.6 Å². The zero-order valence-corrected chi connectivity index (χ0v) is 11.5. The molecule has 0 radical (unpaired) electrons. The average Bonchev–Trinajstić information content (AvgIpc) is 2.45. The smallest absolute Gasteiger partial charge is 0.244 e. The van der Waals surface area contributed by atoms with Gasteiger partial charge in [0.2, 0.25) is 5.91 Å². The van der Waals surface area contributed by atoms with Crippen LogP contribution < -0.4 is 15.8 Å². The highest BCUT2D eigenvalue weighted by Crippen LogP contribution is 2.22. The number of anilines is 1. The van der Waals surface area contributed by atoms with Gasteiger partial charge in [-0.25, -0.2) is 0 Å². The maximum Gasteiger partial charge on any atom is 0.244 e. The second kappa shape index (κ2) is 8.95. The van der Waals surface area contributed by atoms with E-state index < -0.39 is 0 Å². The molecule has 1 rings (SSSR count). The Kier molecular flexibility index (Phi) is 7.16. The number of nitrogen functional groups attached to an aromatic ring is 1. The lowest BCUT2D eigenvalue weighted by Gasteiger charge is -2.05. The molecule has 6 heteroatoms. The summed E-state index contributed by atoms with van der Waals surface area (Å²) in [4.78, 5) is 11.5. The van der Waals surface area contributed by atoms with E-state index in [9.17, 15) is 4.79 Å². The Morgan fingerprint density at radius 3 is 2.90 bits per heavy atom. The van der Waals surface area contributed by atoms with Gasteiger partial charge < -0.3 is 25.6 Å². The summed E-state index contributed by atoms with van der Waals surface area (Å²) in [6.45, 7) is 1.02. The zero-order chi connectivity index (χ0) is 14.8. The molecule has 1 aromatic rings. The quantitative estimate of drug-likeness (QED) is 0.364. The van der Waals surface area contributed by atoms with Gasteiger partial charge in [0.15, 0.2) is 0 Å². The van der Waals surface area contributed by atoms with E-state index in [1.165, 1.54) is 6.08 Å². The lowest BCUT2D eigenvalue weighted by atomic mass is 10.1. The number of carbonyl (C=O) groups is 1. The summed E-state index contributed by atoms with van der Waals surface area (Å²) in [6.07, 6.45) is 3.09. The number of methoxy groups -OCH3 is 1. The molecule has 0 aliphatic carbocycles. The first-order valence-corrected chi connectivity index (χ1v) is 6.25. The topological polar surface area (TPSA) is 93.8 Å². The number of aliphatic hydroxyl groups excluding tert-OH is 1. The predicted molar refractivity (Wildman–Crippen MR) is 77.4 cm³/mol. The number of rotatable bonds is 8. The normalized spacial score (nSPS) is 10.7. The number of benzene rings is 1. The summed E-state index contributed by atoms with van der Waals surface area (Å²) in [7, 11) is 1.55. The number of hydrogen-bond donors (Lipinski definition) is 3. The standard InChI is InChI=1S/C14H20N2O4/c1-19-13-4-2-11(10-12(13)15)3-5-14(18)16-6-8-20-9-7-17/h2-5,10,17H,6-9,15H2,1H3,(H,16,18)/b5-3-. The van der Waals surface area contributed by atoms with Crippen molar-refractivity contribution in [1.82, 2.24) is 5.32 Å². The van der Waals surface area contributed by atoms with Crippen LogP contribution in [-0.4, -0.2) is 44.5 Å². The molecule has 20 heavy (non-hydrogen) atoms. The minimum atomic E-state index is -0.216. The van der Waals surface area contributed by atoms with Crippen molar-refractivity contribution >= 4 is 17.7 Å². The number of nitrogens with one attached hydrogen (secondary N) is 1. The van der Waals surface area contributed by atoms with E-state index in [1.807, 2.05) is 6.07 Å². The fraction of sp³-hybridized carbons (Fsp3) is 0.357. The number of aliphatic hydroxyl groups is 1. The fourth-order valence-corrected chi connectivity index (χ4v) is 1.50. The molecule has 0 bridgehead atoms. The van der Waals surface area contributed by atoms with Gasteiger partial charge in [0, 0.05) is 12.6 Å². The molecule has 6 nitrogen and oxygen atoms in total. The molecule has 4 N–H and O–H groups in total. The Morgan fingerprint density at radius 1 is 1.45 bits per heavy atom. The summed E-state index contributed by atoms with van der Waals surface area (Å²) >= 11 is 0. The zero-order valence-electron chi connectivity index (χ0n) is 11.5. The van der Waals surface area contributed by atoms with Crippen LogP contribution in [0, 0.1) is 0 Å². The van der Waals surface area contributed by atoms with Crippen molar-refractivity contribution in [3.63, 3.8) is 0 Å². The number of ether oxygens (including phenoxy) is 2. The molecule has 0 fully saturated rings. The van der Waals surface area contributed by atoms with Crippen LogP contribution in [0.4, 0.5) is 5.69 Å². The van der Waals surface area contributed by atoms with Gasteiger partial charge in [-0.1, -0.05) is 6.07 Å². The molecule has 1 aromatic carbocycles. The van der Waals surface area contributed by atoms with Crippen molar-refractivity contribution in [3.05, 3.63) is 29.8 Å². The molecule has 0 saturated heterocycles. The Hall–Kier alpha value is -2.05. The molecule has 0 saturated carbocycles. The molecule has 0 aromatic heterocycles. The van der Waals surface area contributed by atoms with Crippen LogP contribution in [0.15, 0.2) is 24.3 Å². The van der Waals surface area contributed by atoms with Gasteiger partial charge in [-0.2, -0.15) is 0 Å². The molecule has 0 heterocycles. The van der Waals surface area contributed by atoms with Crippen molar-refractivity contribution in [2.24, 2.45) is 0 Å². The van der Waals surface area contributed by atoms with E-state index in [4.69, 9.17) is 20.3 Å². The Morgan fingerprint density at radius 2 is 2.25 bits per heavy atom. The fourth-order valence-electron chi connectivity index (χ4n) is 1.50. The largest absolute Gasteiger partial charge is 0.495 e. The van der Waals surface area contributed by atoms with Crippen molar-refractivity contribution < 1.29 is 19.4 Å². The minimum absolute atomic E-state index is 0.0211. The maximum atomic E-state index is 11.5. The van der Waals surface area contributed by atoms with Crippen molar-refractivity contribution in [2.75, 3.05) is 39.2 Å². The van der Waals surface area contributed by atoms with Crippen LogP contribution in [0.5, 0.6) is 5.75 Å². The summed E-state index contributed by atoms with van der Waals surface area (Å²) in [5.41, 5.74) is 7.10. The molecular weight excluding hydrogens is 260 g/mol. The van der Waals surface area contributed by atoms with Gasteiger partial charge in [0.1, 0.15) is 5.75 Å². The van der Waals surface area contributed by atoms with Crippen LogP contribution in [0.2, 0.25) is 0 Å². The number of carbonyl (C=O) groups excluding carboxylic acids is 1. The van der Waals surface area contributed by atoms with Gasteiger partial charge in [0.25, 0.3) is 0 Å². The minimum Gasteiger partial charge on any atom is -0.495 e. The summed E-state index contributed by atoms with van der Waals surface area (Å²) in [5.74, 6) is 0.389. The molecule has 0 atom stereocenters. The number of hydrogen-bond acceptors (Lipinski definition) is 5. The molecular formula is C14H20N2O4. The molecule has 1 amide bonds. The van der Waals surface area contributed by atoms with Gasteiger partial charge in [-0.15, -0.1) is 0 Å². The highest BCUT2D eigenvalue weighted by atomic mass is 16.5. The van der Waals surface area contributed by atoms with Gasteiger partial charge in [-0.3, -0.25) is 4.79 Å². The number of nitrogens with two attached hydrogens (primary N) is 1. The molecule has 0 aliphatic heterocycles. The lowest BCUT2D eigenvalue weighted by Crippen LogP contribution is -2.25. The third kappa shape index (κ3) is 5.73. The summed E-state index contributed by atoms with van der Waals surface area (Å²) in [6, 6.07) is 5.28. The SMILES string of the molecule is COc1ccc(/C=C\C(=O)NCCOCCO)cc1N. The molecule has 0 spiro atoms. The number of amides is 1. The van der Waals surface area contributed by atoms with E-state index in [0.717, 1.165) is 5.56 Å². The second-order valence-electron chi connectivity index (χ2n) is 3.96. The third-order valence-corrected chi connectivity index (χ3v) is 2.46. The van der Waals surface area contributed by atoms with Crippen molar-refractivity contribution in [2.45, 2.75) is 0 Å². The van der Waals surface area contributed by atoms with E-state index in [1.54, 1.807) is 25.3 Å². The van der Waals surface area contributed by atoms with Crippen LogP contribution in [0.1, 0.15) is 5.56 Å². The highest BCUT2D eigenvalue weighted by molar-refractivity contribution is 5.91. The first-order chi connectivity index (χ1) is 9.67. The molecule has 0 aliphatic rings. The first-order valence-electron chi connectivity index (χ1n) is 6.25. The van der Waals surface area contributed by atoms with Gasteiger partial charge >= 0.3 is 0 Å².